The van der Waals surface area contributed by atoms with E-state index in [4.69, 9.17) is 4.74 Å². The second-order valence-electron chi connectivity index (χ2n) is 4.94. The quantitative estimate of drug-likeness (QED) is 0.638. The molecule has 0 bridgehead atoms. The van der Waals surface area contributed by atoms with E-state index in [1.54, 1.807) is 19.2 Å². The third-order valence-electron chi connectivity index (χ3n) is 3.70. The van der Waals surface area contributed by atoms with Crippen molar-refractivity contribution in [3.63, 3.8) is 0 Å². The number of methoxy groups -OCH3 is 1. The molecule has 0 spiro atoms. The van der Waals surface area contributed by atoms with E-state index >= 15 is 0 Å². The zero-order chi connectivity index (χ0) is 14.5. The van der Waals surface area contributed by atoms with Gasteiger partial charge < -0.3 is 15.0 Å². The molecule has 0 aromatic heterocycles. The zero-order valence-electron chi connectivity index (χ0n) is 12.0. The van der Waals surface area contributed by atoms with Gasteiger partial charge in [-0.15, -0.1) is 0 Å². The van der Waals surface area contributed by atoms with Crippen molar-refractivity contribution in [1.82, 2.24) is 5.32 Å². The fourth-order valence-corrected chi connectivity index (χ4v) is 2.61. The Bertz CT molecular complexity index is 473. The van der Waals surface area contributed by atoms with Crippen molar-refractivity contribution in [3.8, 4) is 5.75 Å². The molecule has 0 radical (unpaired) electrons. The Morgan fingerprint density at radius 2 is 2.35 bits per heavy atom. The smallest absolute Gasteiger partial charge is 0.292 e. The Morgan fingerprint density at radius 1 is 1.55 bits per heavy atom. The summed E-state index contributed by atoms with van der Waals surface area (Å²) in [5.41, 5.74) is 0.760. The van der Waals surface area contributed by atoms with E-state index in [1.807, 2.05) is 11.8 Å². The van der Waals surface area contributed by atoms with Crippen LogP contribution in [0.25, 0.3) is 0 Å². The molecule has 1 saturated heterocycles. The van der Waals surface area contributed by atoms with Crippen molar-refractivity contribution in [2.45, 2.75) is 25.8 Å². The van der Waals surface area contributed by atoms with Gasteiger partial charge in [-0.05, 0) is 32.4 Å². The van der Waals surface area contributed by atoms with Gasteiger partial charge in [-0.1, -0.05) is 0 Å². The lowest BCUT2D eigenvalue weighted by Crippen LogP contribution is -2.37. The molecule has 110 valence electrons. The van der Waals surface area contributed by atoms with Crippen LogP contribution in [-0.2, 0) is 0 Å². The summed E-state index contributed by atoms with van der Waals surface area (Å²) in [7, 11) is 1.57. The number of benzene rings is 1. The van der Waals surface area contributed by atoms with E-state index in [0.29, 0.717) is 17.5 Å². The minimum atomic E-state index is -0.334. The van der Waals surface area contributed by atoms with Crippen molar-refractivity contribution in [1.29, 1.82) is 0 Å². The van der Waals surface area contributed by atoms with Gasteiger partial charge in [0.1, 0.15) is 11.4 Å². The first-order chi connectivity index (χ1) is 9.65. The molecule has 20 heavy (non-hydrogen) atoms. The first-order valence-electron chi connectivity index (χ1n) is 6.96. The minimum absolute atomic E-state index is 0.130. The van der Waals surface area contributed by atoms with Crippen molar-refractivity contribution >= 4 is 11.4 Å². The Balaban J connectivity index is 2.27. The summed E-state index contributed by atoms with van der Waals surface area (Å²) >= 11 is 0. The molecule has 0 amide bonds. The van der Waals surface area contributed by atoms with Gasteiger partial charge in [0, 0.05) is 31.3 Å². The third-order valence-corrected chi connectivity index (χ3v) is 3.70. The molecule has 1 N–H and O–H groups in total. The first kappa shape index (κ1) is 14.6. The molecule has 2 rings (SSSR count). The van der Waals surface area contributed by atoms with Crippen LogP contribution in [0, 0.1) is 10.1 Å². The zero-order valence-corrected chi connectivity index (χ0v) is 12.0. The van der Waals surface area contributed by atoms with Gasteiger partial charge in [0.2, 0.25) is 0 Å². The van der Waals surface area contributed by atoms with E-state index in [9.17, 15) is 10.1 Å². The standard InChI is InChI=1S/C14H21N3O3/c1-3-16(10-11-5-4-8-15-11)14-9-12(20-2)6-7-13(14)17(18)19/h6-7,9,11,15H,3-5,8,10H2,1-2H3. The lowest BCUT2D eigenvalue weighted by molar-refractivity contribution is -0.384. The van der Waals surface area contributed by atoms with Gasteiger partial charge in [-0.25, -0.2) is 0 Å². The predicted molar refractivity (Wildman–Crippen MR) is 78.6 cm³/mol. The molecule has 1 heterocycles. The maximum Gasteiger partial charge on any atom is 0.292 e. The highest BCUT2D eigenvalue weighted by Gasteiger charge is 2.23. The van der Waals surface area contributed by atoms with Gasteiger partial charge in [-0.3, -0.25) is 10.1 Å². The summed E-state index contributed by atoms with van der Waals surface area (Å²) in [6.45, 7) is 4.55. The van der Waals surface area contributed by atoms with Crippen molar-refractivity contribution in [2.75, 3.05) is 31.6 Å². The number of nitrogens with one attached hydrogen (secondary N) is 1. The van der Waals surface area contributed by atoms with Crippen molar-refractivity contribution in [2.24, 2.45) is 0 Å². The Kier molecular flexibility index (Phi) is 4.79. The summed E-state index contributed by atoms with van der Waals surface area (Å²) < 4.78 is 5.19. The summed E-state index contributed by atoms with van der Waals surface area (Å²) in [4.78, 5) is 12.9. The van der Waals surface area contributed by atoms with Gasteiger partial charge in [0.05, 0.1) is 12.0 Å². The second kappa shape index (κ2) is 6.56. The molecule has 1 aromatic rings. The topological polar surface area (TPSA) is 67.6 Å². The van der Waals surface area contributed by atoms with E-state index in [0.717, 1.165) is 26.1 Å². The highest BCUT2D eigenvalue weighted by Crippen LogP contribution is 2.32. The highest BCUT2D eigenvalue weighted by molar-refractivity contribution is 5.66. The number of nitro benzene ring substituents is 1. The molecule has 6 nitrogen and oxygen atoms in total. The van der Waals surface area contributed by atoms with Gasteiger partial charge >= 0.3 is 0 Å². The second-order valence-corrected chi connectivity index (χ2v) is 4.94. The molecule has 0 aliphatic carbocycles. The number of hydrogen-bond acceptors (Lipinski definition) is 5. The van der Waals surface area contributed by atoms with Crippen LogP contribution >= 0.6 is 0 Å². The lowest BCUT2D eigenvalue weighted by atomic mass is 10.1. The van der Waals surface area contributed by atoms with Crippen LogP contribution in [0.5, 0.6) is 5.75 Å². The van der Waals surface area contributed by atoms with Crippen LogP contribution in [0.4, 0.5) is 11.4 Å². The molecular formula is C14H21N3O3. The summed E-state index contributed by atoms with van der Waals surface area (Å²) in [5.74, 6) is 0.642. The van der Waals surface area contributed by atoms with E-state index in [-0.39, 0.29) is 10.6 Å². The average Bonchev–Trinajstić information content (AvgIpc) is 2.97. The van der Waals surface area contributed by atoms with Gasteiger partial charge in [0.15, 0.2) is 0 Å². The molecule has 1 aromatic carbocycles. The van der Waals surface area contributed by atoms with Crippen LogP contribution in [-0.4, -0.2) is 37.7 Å². The van der Waals surface area contributed by atoms with Crippen LogP contribution in [0.3, 0.4) is 0 Å². The Labute approximate surface area is 118 Å². The Morgan fingerprint density at radius 3 is 2.90 bits per heavy atom. The number of nitrogens with zero attached hydrogens (tertiary/aromatic N) is 2. The molecule has 1 unspecified atom stereocenters. The molecule has 1 aliphatic heterocycles. The maximum absolute atomic E-state index is 11.2. The summed E-state index contributed by atoms with van der Waals surface area (Å²) in [6, 6.07) is 5.29. The largest absolute Gasteiger partial charge is 0.497 e. The fraction of sp³-hybridized carbons (Fsp3) is 0.571. The molecule has 6 heteroatoms. The van der Waals surface area contributed by atoms with Crippen LogP contribution in [0.15, 0.2) is 18.2 Å². The number of hydrogen-bond donors (Lipinski definition) is 1. The number of anilines is 1. The maximum atomic E-state index is 11.2. The summed E-state index contributed by atoms with van der Waals surface area (Å²) in [6.07, 6.45) is 2.29. The predicted octanol–water partition coefficient (Wildman–Crippen LogP) is 2.18. The Hall–Kier alpha value is -1.82. The van der Waals surface area contributed by atoms with E-state index < -0.39 is 0 Å². The molecule has 0 saturated carbocycles. The van der Waals surface area contributed by atoms with Crippen molar-refractivity contribution < 1.29 is 9.66 Å². The third kappa shape index (κ3) is 3.19. The van der Waals surface area contributed by atoms with Crippen LogP contribution in [0.2, 0.25) is 0 Å². The SMILES string of the molecule is CCN(CC1CCCN1)c1cc(OC)ccc1[N+](=O)[O-]. The summed E-state index contributed by atoms with van der Waals surface area (Å²) in [5, 5.41) is 14.6. The molecule has 1 atom stereocenters. The number of likely N-dealkylation sites (N-methyl/N-ethyl adjacent to an activating group) is 1. The van der Waals surface area contributed by atoms with Crippen molar-refractivity contribution in [3.05, 3.63) is 28.3 Å². The normalized spacial score (nSPS) is 18.0. The lowest BCUT2D eigenvalue weighted by Gasteiger charge is -2.26. The average molecular weight is 279 g/mol. The van der Waals surface area contributed by atoms with Gasteiger partial charge in [-0.2, -0.15) is 0 Å². The molecular weight excluding hydrogens is 258 g/mol. The number of ether oxygens (including phenoxy) is 1. The number of nitro groups is 1. The number of rotatable bonds is 6. The first-order valence-corrected chi connectivity index (χ1v) is 6.96. The molecule has 1 aliphatic rings. The minimum Gasteiger partial charge on any atom is -0.497 e. The van der Waals surface area contributed by atoms with E-state index in [1.165, 1.54) is 12.5 Å². The fourth-order valence-electron chi connectivity index (χ4n) is 2.61. The van der Waals surface area contributed by atoms with Crippen LogP contribution in [0.1, 0.15) is 19.8 Å². The monoisotopic (exact) mass is 279 g/mol. The van der Waals surface area contributed by atoms with Gasteiger partial charge in [0.25, 0.3) is 5.69 Å². The molecule has 1 fully saturated rings. The van der Waals surface area contributed by atoms with E-state index in [2.05, 4.69) is 5.32 Å². The highest BCUT2D eigenvalue weighted by atomic mass is 16.6. The van der Waals surface area contributed by atoms with Crippen LogP contribution < -0.4 is 15.0 Å².